The van der Waals surface area contributed by atoms with Gasteiger partial charge in [0.1, 0.15) is 0 Å². The molecule has 3 aliphatic heterocycles. The second kappa shape index (κ2) is 8.18. The zero-order chi connectivity index (χ0) is 24.2. The van der Waals surface area contributed by atoms with E-state index in [-0.39, 0.29) is 17.8 Å². The van der Waals surface area contributed by atoms with Crippen molar-refractivity contribution in [3.05, 3.63) is 65.0 Å². The molecule has 2 amide bonds. The predicted molar refractivity (Wildman–Crippen MR) is 129 cm³/mol. The van der Waals surface area contributed by atoms with Gasteiger partial charge < -0.3 is 14.5 Å². The highest BCUT2D eigenvalue weighted by molar-refractivity contribution is 5.95. The molecule has 1 saturated carbocycles. The van der Waals surface area contributed by atoms with E-state index < -0.39 is 11.0 Å². The minimum Gasteiger partial charge on any atom is -0.449 e. The Hall–Kier alpha value is -3.22. The predicted octanol–water partition coefficient (Wildman–Crippen LogP) is 3.53. The molecule has 2 aromatic rings. The number of hydrogen-bond acceptors (Lipinski definition) is 5. The number of benzene rings is 1. The number of amides is 2. The van der Waals surface area contributed by atoms with E-state index in [0.29, 0.717) is 37.4 Å². The second-order valence-electron chi connectivity index (χ2n) is 10.5. The summed E-state index contributed by atoms with van der Waals surface area (Å²) in [4.78, 5) is 46.0. The summed E-state index contributed by atoms with van der Waals surface area (Å²) in [5.74, 6) is 0.501. The van der Waals surface area contributed by atoms with Gasteiger partial charge in [0.2, 0.25) is 11.8 Å². The van der Waals surface area contributed by atoms with Gasteiger partial charge in [0.05, 0.1) is 17.5 Å². The summed E-state index contributed by atoms with van der Waals surface area (Å²) in [6.45, 7) is 4.55. The number of fused-ring (bicyclic) bond motifs is 2. The molecular weight excluding hydrogens is 442 g/mol. The lowest BCUT2D eigenvalue weighted by Crippen LogP contribution is -2.40. The van der Waals surface area contributed by atoms with Gasteiger partial charge in [0.25, 0.3) is 0 Å². The summed E-state index contributed by atoms with van der Waals surface area (Å²) < 4.78 is 5.81. The highest BCUT2D eigenvalue weighted by atomic mass is 16.6. The molecule has 0 radical (unpaired) electrons. The van der Waals surface area contributed by atoms with Crippen LogP contribution in [0.2, 0.25) is 0 Å². The number of nitrogens with zero attached hydrogens (tertiary/aromatic N) is 3. The van der Waals surface area contributed by atoms with Gasteiger partial charge in [-0.3, -0.25) is 14.6 Å². The standard InChI is InChI=1S/C28H31N3O4/c1-2-24(32)30-14-8-20(9-15-30)19-3-5-21(6-4-19)27(10-11-27)26(34)31-16-12-28(18-31)23-7-13-29-17-22(23)25(33)35-28/h3-7,13,17,20H,2,8-12,14-16,18H2,1H3. The summed E-state index contributed by atoms with van der Waals surface area (Å²) in [5, 5.41) is 0. The van der Waals surface area contributed by atoms with Crippen molar-refractivity contribution in [2.45, 2.75) is 62.4 Å². The number of esters is 1. The summed E-state index contributed by atoms with van der Waals surface area (Å²) in [5.41, 5.74) is 2.56. The smallest absolute Gasteiger partial charge is 0.341 e. The van der Waals surface area contributed by atoms with Crippen molar-refractivity contribution in [2.24, 2.45) is 0 Å². The molecule has 4 aliphatic rings. The van der Waals surface area contributed by atoms with E-state index in [9.17, 15) is 14.4 Å². The van der Waals surface area contributed by atoms with E-state index in [1.54, 1.807) is 12.4 Å². The maximum atomic E-state index is 13.7. The van der Waals surface area contributed by atoms with Crippen LogP contribution in [0.5, 0.6) is 0 Å². The average molecular weight is 474 g/mol. The molecule has 2 saturated heterocycles. The molecule has 182 valence electrons. The van der Waals surface area contributed by atoms with Crippen LogP contribution in [0.15, 0.2) is 42.7 Å². The highest BCUT2D eigenvalue weighted by Gasteiger charge is 2.57. The number of likely N-dealkylation sites (tertiary alicyclic amines) is 2. The molecule has 7 nitrogen and oxygen atoms in total. The minimum absolute atomic E-state index is 0.145. The molecule has 6 rings (SSSR count). The van der Waals surface area contributed by atoms with E-state index >= 15 is 0 Å². The molecule has 1 aromatic carbocycles. The van der Waals surface area contributed by atoms with E-state index in [1.165, 1.54) is 5.56 Å². The first-order valence-corrected chi connectivity index (χ1v) is 12.8. The lowest BCUT2D eigenvalue weighted by Gasteiger charge is -2.32. The van der Waals surface area contributed by atoms with Crippen molar-refractivity contribution in [3.63, 3.8) is 0 Å². The summed E-state index contributed by atoms with van der Waals surface area (Å²) in [6, 6.07) is 10.5. The van der Waals surface area contributed by atoms with Gasteiger partial charge >= 0.3 is 5.97 Å². The normalized spacial score (nSPS) is 25.0. The van der Waals surface area contributed by atoms with Crippen LogP contribution in [0.4, 0.5) is 0 Å². The minimum atomic E-state index is -0.737. The van der Waals surface area contributed by atoms with Crippen molar-refractivity contribution >= 4 is 17.8 Å². The zero-order valence-electron chi connectivity index (χ0n) is 20.2. The summed E-state index contributed by atoms with van der Waals surface area (Å²) in [7, 11) is 0. The first-order chi connectivity index (χ1) is 17.0. The van der Waals surface area contributed by atoms with Crippen LogP contribution in [-0.2, 0) is 25.3 Å². The van der Waals surface area contributed by atoms with Crippen molar-refractivity contribution in [3.8, 4) is 0 Å². The van der Waals surface area contributed by atoms with Crippen LogP contribution in [0, 0.1) is 0 Å². The largest absolute Gasteiger partial charge is 0.449 e. The van der Waals surface area contributed by atoms with Crippen molar-refractivity contribution < 1.29 is 19.1 Å². The molecule has 35 heavy (non-hydrogen) atoms. The molecule has 1 unspecified atom stereocenters. The lowest BCUT2D eigenvalue weighted by atomic mass is 9.86. The van der Waals surface area contributed by atoms with Gasteiger partial charge in [-0.15, -0.1) is 0 Å². The fourth-order valence-electron chi connectivity index (χ4n) is 6.31. The monoisotopic (exact) mass is 473 g/mol. The fourth-order valence-corrected chi connectivity index (χ4v) is 6.31. The maximum absolute atomic E-state index is 13.7. The van der Waals surface area contributed by atoms with Gasteiger partial charge in [-0.25, -0.2) is 4.79 Å². The molecule has 4 heterocycles. The summed E-state index contributed by atoms with van der Waals surface area (Å²) >= 11 is 0. The fraction of sp³-hybridized carbons (Fsp3) is 0.500. The number of aromatic nitrogens is 1. The first kappa shape index (κ1) is 22.3. The average Bonchev–Trinajstić information content (AvgIpc) is 3.54. The molecule has 7 heteroatoms. The lowest BCUT2D eigenvalue weighted by molar-refractivity contribution is -0.134. The van der Waals surface area contributed by atoms with Crippen LogP contribution >= 0.6 is 0 Å². The van der Waals surface area contributed by atoms with E-state index in [2.05, 4.69) is 29.2 Å². The molecule has 1 spiro atoms. The quantitative estimate of drug-likeness (QED) is 0.635. The Morgan fingerprint density at radius 1 is 1.03 bits per heavy atom. The van der Waals surface area contributed by atoms with Crippen LogP contribution < -0.4 is 0 Å². The topological polar surface area (TPSA) is 79.8 Å². The Balaban J connectivity index is 1.15. The van der Waals surface area contributed by atoms with E-state index in [4.69, 9.17) is 4.74 Å². The first-order valence-electron chi connectivity index (χ1n) is 12.8. The van der Waals surface area contributed by atoms with Gasteiger partial charge in [0.15, 0.2) is 5.60 Å². The van der Waals surface area contributed by atoms with E-state index in [0.717, 1.165) is 49.9 Å². The highest BCUT2D eigenvalue weighted by Crippen LogP contribution is 2.52. The Labute approximate surface area is 205 Å². The van der Waals surface area contributed by atoms with Gasteiger partial charge in [-0.05, 0) is 48.8 Å². The molecule has 1 aromatic heterocycles. The second-order valence-corrected chi connectivity index (χ2v) is 10.5. The number of carbonyl (C=O) groups is 3. The zero-order valence-corrected chi connectivity index (χ0v) is 20.2. The van der Waals surface area contributed by atoms with E-state index in [1.807, 2.05) is 22.8 Å². The Morgan fingerprint density at radius 2 is 1.77 bits per heavy atom. The molecule has 1 atom stereocenters. The third-order valence-corrected chi connectivity index (χ3v) is 8.58. The number of piperidine rings is 1. The van der Waals surface area contributed by atoms with Gasteiger partial charge in [-0.1, -0.05) is 31.2 Å². The Morgan fingerprint density at radius 3 is 2.46 bits per heavy atom. The molecule has 0 bridgehead atoms. The molecule has 1 aliphatic carbocycles. The number of rotatable bonds is 4. The SMILES string of the molecule is CCC(=O)N1CCC(c2ccc(C3(C(=O)N4CCC5(C4)OC(=O)c4cnccc45)CC3)cc2)CC1. The number of pyridine rings is 1. The number of carbonyl (C=O) groups excluding carboxylic acids is 3. The van der Waals surface area contributed by atoms with Gasteiger partial charge in [-0.2, -0.15) is 0 Å². The third kappa shape index (κ3) is 3.55. The molecule has 3 fully saturated rings. The summed E-state index contributed by atoms with van der Waals surface area (Å²) in [6.07, 6.45) is 8.12. The number of hydrogen-bond donors (Lipinski definition) is 0. The maximum Gasteiger partial charge on any atom is 0.341 e. The van der Waals surface area contributed by atoms with Crippen LogP contribution in [0.25, 0.3) is 0 Å². The van der Waals surface area contributed by atoms with Crippen molar-refractivity contribution in [2.75, 3.05) is 26.2 Å². The van der Waals surface area contributed by atoms with Gasteiger partial charge in [0, 0.05) is 50.4 Å². The van der Waals surface area contributed by atoms with Crippen LogP contribution in [0.1, 0.15) is 78.4 Å². The van der Waals surface area contributed by atoms with Crippen molar-refractivity contribution in [1.29, 1.82) is 0 Å². The van der Waals surface area contributed by atoms with Crippen molar-refractivity contribution in [1.82, 2.24) is 14.8 Å². The third-order valence-electron chi connectivity index (χ3n) is 8.58. The number of ether oxygens (including phenoxy) is 1. The Kier molecular flexibility index (Phi) is 5.20. The van der Waals surface area contributed by atoms with Crippen LogP contribution in [-0.4, -0.2) is 58.7 Å². The van der Waals surface area contributed by atoms with Crippen LogP contribution in [0.3, 0.4) is 0 Å². The molecule has 0 N–H and O–H groups in total. The molecular formula is C28H31N3O4. The Bertz CT molecular complexity index is 1180.